The molecule has 3 nitrogen and oxygen atoms in total. The molecule has 0 saturated heterocycles. The quantitative estimate of drug-likeness (QED) is 0.567. The second kappa shape index (κ2) is 10.4. The molecule has 0 unspecified atom stereocenters. The predicted molar refractivity (Wildman–Crippen MR) is 66.1 cm³/mol. The van der Waals surface area contributed by atoms with Crippen molar-refractivity contribution in [3.8, 4) is 0 Å². The summed E-state index contributed by atoms with van der Waals surface area (Å²) in [6.07, 6.45) is 5.36. The Kier molecular flexibility index (Phi) is 10.3. The lowest BCUT2D eigenvalue weighted by Crippen LogP contribution is -2.25. The first-order valence-electron chi connectivity index (χ1n) is 6.17. The van der Waals surface area contributed by atoms with E-state index in [0.717, 1.165) is 19.7 Å². The van der Waals surface area contributed by atoms with E-state index < -0.39 is 0 Å². The van der Waals surface area contributed by atoms with E-state index in [1.807, 2.05) is 0 Å². The number of nitrogens with zero attached hydrogens (tertiary/aromatic N) is 1. The fraction of sp³-hybridized carbons (Fsp3) is 1.00. The fourth-order valence-electron chi connectivity index (χ4n) is 1.44. The van der Waals surface area contributed by atoms with E-state index in [1.165, 1.54) is 32.2 Å². The highest BCUT2D eigenvalue weighted by atomic mass is 16.5. The van der Waals surface area contributed by atoms with Crippen LogP contribution in [0.3, 0.4) is 0 Å². The molecular formula is C12H28N2O. The molecule has 0 spiro atoms. The molecule has 0 fully saturated rings. The SMILES string of the molecule is CC(C)OCCN(C)CCCCCCN. The summed E-state index contributed by atoms with van der Waals surface area (Å²) in [7, 11) is 2.16. The molecule has 0 aliphatic carbocycles. The van der Waals surface area contributed by atoms with Crippen LogP contribution in [0.5, 0.6) is 0 Å². The Balaban J connectivity index is 3.15. The van der Waals surface area contributed by atoms with Crippen LogP contribution in [0.1, 0.15) is 39.5 Å². The maximum absolute atomic E-state index is 5.50. The number of nitrogens with two attached hydrogens (primary N) is 1. The first-order chi connectivity index (χ1) is 7.16. The lowest BCUT2D eigenvalue weighted by molar-refractivity contribution is 0.0636. The van der Waals surface area contributed by atoms with Crippen molar-refractivity contribution in [3.63, 3.8) is 0 Å². The van der Waals surface area contributed by atoms with Gasteiger partial charge in [-0.1, -0.05) is 12.8 Å². The van der Waals surface area contributed by atoms with E-state index in [9.17, 15) is 0 Å². The van der Waals surface area contributed by atoms with E-state index in [-0.39, 0.29) is 0 Å². The monoisotopic (exact) mass is 216 g/mol. The van der Waals surface area contributed by atoms with Gasteiger partial charge in [-0.2, -0.15) is 0 Å². The molecule has 0 atom stereocenters. The molecule has 0 aliphatic heterocycles. The van der Waals surface area contributed by atoms with E-state index in [0.29, 0.717) is 6.10 Å². The largest absolute Gasteiger partial charge is 0.377 e. The van der Waals surface area contributed by atoms with Gasteiger partial charge in [0, 0.05) is 6.54 Å². The van der Waals surface area contributed by atoms with Crippen LogP contribution in [0.4, 0.5) is 0 Å². The molecule has 0 aromatic heterocycles. The smallest absolute Gasteiger partial charge is 0.0596 e. The normalized spacial score (nSPS) is 11.6. The first-order valence-corrected chi connectivity index (χ1v) is 6.17. The highest BCUT2D eigenvalue weighted by Gasteiger charge is 1.99. The summed E-state index contributed by atoms with van der Waals surface area (Å²) in [5.41, 5.74) is 5.44. The van der Waals surface area contributed by atoms with Crippen LogP contribution in [0.25, 0.3) is 0 Å². The third-order valence-electron chi connectivity index (χ3n) is 2.42. The average molecular weight is 216 g/mol. The Morgan fingerprint density at radius 3 is 2.33 bits per heavy atom. The summed E-state index contributed by atoms with van der Waals surface area (Å²) < 4.78 is 5.50. The number of hydrogen-bond acceptors (Lipinski definition) is 3. The zero-order valence-corrected chi connectivity index (χ0v) is 10.7. The minimum Gasteiger partial charge on any atom is -0.377 e. The first kappa shape index (κ1) is 14.9. The fourth-order valence-corrected chi connectivity index (χ4v) is 1.44. The summed E-state index contributed by atoms with van der Waals surface area (Å²) in [4.78, 5) is 2.34. The molecule has 92 valence electrons. The van der Waals surface area contributed by atoms with Crippen molar-refractivity contribution in [2.24, 2.45) is 5.73 Å². The Hall–Kier alpha value is -0.120. The van der Waals surface area contributed by atoms with Gasteiger partial charge < -0.3 is 15.4 Å². The Labute approximate surface area is 95.0 Å². The minimum atomic E-state index is 0.350. The van der Waals surface area contributed by atoms with Gasteiger partial charge in [-0.25, -0.2) is 0 Å². The van der Waals surface area contributed by atoms with E-state index >= 15 is 0 Å². The summed E-state index contributed by atoms with van der Waals surface area (Å²) in [5, 5.41) is 0. The highest BCUT2D eigenvalue weighted by Crippen LogP contribution is 2.00. The number of ether oxygens (including phenoxy) is 1. The molecule has 0 rings (SSSR count). The lowest BCUT2D eigenvalue weighted by atomic mass is 10.2. The van der Waals surface area contributed by atoms with Crippen LogP contribution < -0.4 is 5.73 Å². The van der Waals surface area contributed by atoms with E-state index in [4.69, 9.17) is 10.5 Å². The van der Waals surface area contributed by atoms with Gasteiger partial charge in [0.25, 0.3) is 0 Å². The Morgan fingerprint density at radius 1 is 1.07 bits per heavy atom. The second-order valence-electron chi connectivity index (χ2n) is 4.43. The third-order valence-corrected chi connectivity index (χ3v) is 2.42. The van der Waals surface area contributed by atoms with Crippen molar-refractivity contribution >= 4 is 0 Å². The summed E-state index contributed by atoms with van der Waals surface area (Å²) in [6, 6.07) is 0. The van der Waals surface area contributed by atoms with Crippen LogP contribution in [-0.4, -0.2) is 44.3 Å². The molecule has 0 aliphatic rings. The van der Waals surface area contributed by atoms with Crippen LogP contribution in [0.2, 0.25) is 0 Å². The molecule has 0 amide bonds. The standard InChI is InChI=1S/C12H28N2O/c1-12(2)15-11-10-14(3)9-7-5-4-6-8-13/h12H,4-11,13H2,1-3H3. The van der Waals surface area contributed by atoms with Crippen molar-refractivity contribution in [2.75, 3.05) is 33.3 Å². The lowest BCUT2D eigenvalue weighted by Gasteiger charge is -2.17. The van der Waals surface area contributed by atoms with Crippen LogP contribution in [0.15, 0.2) is 0 Å². The summed E-state index contributed by atoms with van der Waals surface area (Å²) in [5.74, 6) is 0. The average Bonchev–Trinajstić information content (AvgIpc) is 2.17. The maximum Gasteiger partial charge on any atom is 0.0596 e. The number of rotatable bonds is 10. The highest BCUT2D eigenvalue weighted by molar-refractivity contribution is 4.52. The van der Waals surface area contributed by atoms with Gasteiger partial charge in [0.15, 0.2) is 0 Å². The third kappa shape index (κ3) is 11.8. The molecular weight excluding hydrogens is 188 g/mol. The van der Waals surface area contributed by atoms with Crippen molar-refractivity contribution in [3.05, 3.63) is 0 Å². The summed E-state index contributed by atoms with van der Waals surface area (Å²) >= 11 is 0. The van der Waals surface area contributed by atoms with Crippen molar-refractivity contribution < 1.29 is 4.74 Å². The van der Waals surface area contributed by atoms with E-state index in [2.05, 4.69) is 25.8 Å². The Morgan fingerprint density at radius 2 is 1.73 bits per heavy atom. The second-order valence-corrected chi connectivity index (χ2v) is 4.43. The maximum atomic E-state index is 5.50. The summed E-state index contributed by atoms with van der Waals surface area (Å²) in [6.45, 7) is 8.04. The Bertz CT molecular complexity index is 129. The van der Waals surface area contributed by atoms with Crippen molar-refractivity contribution in [2.45, 2.75) is 45.6 Å². The molecule has 2 N–H and O–H groups in total. The molecule has 0 heterocycles. The minimum absolute atomic E-state index is 0.350. The molecule has 0 aromatic rings. The number of hydrogen-bond donors (Lipinski definition) is 1. The molecule has 0 radical (unpaired) electrons. The zero-order valence-electron chi connectivity index (χ0n) is 10.7. The van der Waals surface area contributed by atoms with Crippen molar-refractivity contribution in [1.82, 2.24) is 4.90 Å². The molecule has 15 heavy (non-hydrogen) atoms. The number of unbranched alkanes of at least 4 members (excludes halogenated alkanes) is 3. The van der Waals surface area contributed by atoms with Crippen LogP contribution in [-0.2, 0) is 4.74 Å². The van der Waals surface area contributed by atoms with Gasteiger partial charge in [-0.05, 0) is 46.8 Å². The number of likely N-dealkylation sites (N-methyl/N-ethyl adjacent to an activating group) is 1. The van der Waals surface area contributed by atoms with Gasteiger partial charge in [-0.15, -0.1) is 0 Å². The van der Waals surface area contributed by atoms with Crippen molar-refractivity contribution in [1.29, 1.82) is 0 Å². The van der Waals surface area contributed by atoms with Crippen LogP contribution in [0, 0.1) is 0 Å². The molecule has 0 saturated carbocycles. The van der Waals surface area contributed by atoms with Gasteiger partial charge in [-0.3, -0.25) is 0 Å². The van der Waals surface area contributed by atoms with Gasteiger partial charge in [0.1, 0.15) is 0 Å². The van der Waals surface area contributed by atoms with Crippen LogP contribution >= 0.6 is 0 Å². The van der Waals surface area contributed by atoms with Gasteiger partial charge in [0.05, 0.1) is 12.7 Å². The zero-order chi connectivity index (χ0) is 11.5. The predicted octanol–water partition coefficient (Wildman–Crippen LogP) is 1.86. The molecule has 0 aromatic carbocycles. The topological polar surface area (TPSA) is 38.5 Å². The molecule has 3 heteroatoms. The van der Waals surface area contributed by atoms with Gasteiger partial charge >= 0.3 is 0 Å². The van der Waals surface area contributed by atoms with Gasteiger partial charge in [0.2, 0.25) is 0 Å². The van der Waals surface area contributed by atoms with E-state index in [1.54, 1.807) is 0 Å². The molecule has 0 bridgehead atoms.